The number of rotatable bonds is 5. The normalized spacial score (nSPS) is 10.7. The van der Waals surface area contributed by atoms with E-state index in [4.69, 9.17) is 0 Å². The SMILES string of the molecule is CCCNCc1cnn(C)c1-c1ccccc1. The van der Waals surface area contributed by atoms with Crippen LogP contribution in [0.15, 0.2) is 36.5 Å². The summed E-state index contributed by atoms with van der Waals surface area (Å²) in [6, 6.07) is 10.4. The number of hydrogen-bond acceptors (Lipinski definition) is 2. The van der Waals surface area contributed by atoms with Crippen LogP contribution in [0.1, 0.15) is 18.9 Å². The Balaban J connectivity index is 2.24. The number of benzene rings is 1. The van der Waals surface area contributed by atoms with Gasteiger partial charge >= 0.3 is 0 Å². The van der Waals surface area contributed by atoms with Gasteiger partial charge in [0.1, 0.15) is 0 Å². The standard InChI is InChI=1S/C14H19N3/c1-3-9-15-10-13-11-16-17(2)14(13)12-7-5-4-6-8-12/h4-8,11,15H,3,9-10H2,1-2H3. The van der Waals surface area contributed by atoms with Gasteiger partial charge in [0.15, 0.2) is 0 Å². The van der Waals surface area contributed by atoms with Crippen LogP contribution >= 0.6 is 0 Å². The van der Waals surface area contributed by atoms with Crippen molar-refractivity contribution in [1.82, 2.24) is 15.1 Å². The van der Waals surface area contributed by atoms with Crippen LogP contribution in [0.25, 0.3) is 11.3 Å². The number of aromatic nitrogens is 2. The van der Waals surface area contributed by atoms with Gasteiger partial charge in [0.2, 0.25) is 0 Å². The van der Waals surface area contributed by atoms with E-state index >= 15 is 0 Å². The summed E-state index contributed by atoms with van der Waals surface area (Å²) in [5.74, 6) is 0. The molecule has 17 heavy (non-hydrogen) atoms. The first kappa shape index (κ1) is 11.9. The molecule has 1 aromatic carbocycles. The lowest BCUT2D eigenvalue weighted by Gasteiger charge is -2.07. The first-order valence-electron chi connectivity index (χ1n) is 6.10. The first-order valence-corrected chi connectivity index (χ1v) is 6.10. The topological polar surface area (TPSA) is 29.9 Å². The molecule has 3 nitrogen and oxygen atoms in total. The molecule has 0 amide bonds. The van der Waals surface area contributed by atoms with Crippen LogP contribution in [0, 0.1) is 0 Å². The van der Waals surface area contributed by atoms with Gasteiger partial charge < -0.3 is 5.32 Å². The predicted molar refractivity (Wildman–Crippen MR) is 70.6 cm³/mol. The van der Waals surface area contributed by atoms with Crippen molar-refractivity contribution in [3.63, 3.8) is 0 Å². The average molecular weight is 229 g/mol. The van der Waals surface area contributed by atoms with Crippen LogP contribution in [-0.2, 0) is 13.6 Å². The molecule has 0 saturated heterocycles. The highest BCUT2D eigenvalue weighted by Crippen LogP contribution is 2.22. The van der Waals surface area contributed by atoms with Gasteiger partial charge in [-0.05, 0) is 13.0 Å². The Bertz CT molecular complexity index is 460. The Kier molecular flexibility index (Phi) is 3.94. The smallest absolute Gasteiger partial charge is 0.0723 e. The van der Waals surface area contributed by atoms with Crippen LogP contribution in [0.4, 0.5) is 0 Å². The molecular formula is C14H19N3. The number of hydrogen-bond donors (Lipinski definition) is 1. The molecule has 1 N–H and O–H groups in total. The molecule has 2 aromatic rings. The molecule has 0 aliphatic rings. The van der Waals surface area contributed by atoms with Crippen molar-refractivity contribution in [2.24, 2.45) is 7.05 Å². The molecule has 90 valence electrons. The third-order valence-corrected chi connectivity index (χ3v) is 2.80. The molecule has 0 aliphatic carbocycles. The van der Waals surface area contributed by atoms with Crippen molar-refractivity contribution in [3.05, 3.63) is 42.1 Å². The summed E-state index contributed by atoms with van der Waals surface area (Å²) >= 11 is 0. The Morgan fingerprint density at radius 2 is 2.00 bits per heavy atom. The summed E-state index contributed by atoms with van der Waals surface area (Å²) in [7, 11) is 1.99. The van der Waals surface area contributed by atoms with Crippen LogP contribution < -0.4 is 5.32 Å². The third kappa shape index (κ3) is 2.74. The quantitative estimate of drug-likeness (QED) is 0.799. The summed E-state index contributed by atoms with van der Waals surface area (Å²) in [6.07, 6.45) is 3.10. The molecule has 0 radical (unpaired) electrons. The molecule has 0 aliphatic heterocycles. The Morgan fingerprint density at radius 3 is 2.71 bits per heavy atom. The summed E-state index contributed by atoms with van der Waals surface area (Å²) in [4.78, 5) is 0. The minimum absolute atomic E-state index is 0.881. The summed E-state index contributed by atoms with van der Waals surface area (Å²) in [6.45, 7) is 4.10. The fraction of sp³-hybridized carbons (Fsp3) is 0.357. The lowest BCUT2D eigenvalue weighted by molar-refractivity contribution is 0.675. The van der Waals surface area contributed by atoms with Gasteiger partial charge in [-0.2, -0.15) is 5.10 Å². The highest BCUT2D eigenvalue weighted by molar-refractivity contribution is 5.63. The van der Waals surface area contributed by atoms with Crippen LogP contribution in [0.2, 0.25) is 0 Å². The van der Waals surface area contributed by atoms with Gasteiger partial charge in [-0.1, -0.05) is 37.3 Å². The monoisotopic (exact) mass is 229 g/mol. The molecular weight excluding hydrogens is 210 g/mol. The number of nitrogens with one attached hydrogen (secondary N) is 1. The van der Waals surface area contributed by atoms with E-state index < -0.39 is 0 Å². The largest absolute Gasteiger partial charge is 0.313 e. The van der Waals surface area contributed by atoms with Gasteiger partial charge in [0.05, 0.1) is 11.9 Å². The Hall–Kier alpha value is -1.61. The highest BCUT2D eigenvalue weighted by atomic mass is 15.3. The van der Waals surface area contributed by atoms with E-state index in [2.05, 4.69) is 41.6 Å². The summed E-state index contributed by atoms with van der Waals surface area (Å²) < 4.78 is 1.94. The van der Waals surface area contributed by atoms with Crippen molar-refractivity contribution in [3.8, 4) is 11.3 Å². The molecule has 0 saturated carbocycles. The van der Waals surface area contributed by atoms with E-state index in [0.717, 1.165) is 19.5 Å². The molecule has 0 unspecified atom stereocenters. The number of aryl methyl sites for hydroxylation is 1. The Morgan fingerprint density at radius 1 is 1.24 bits per heavy atom. The van der Waals surface area contributed by atoms with Gasteiger partial charge in [-0.25, -0.2) is 0 Å². The lowest BCUT2D eigenvalue weighted by Crippen LogP contribution is -2.14. The van der Waals surface area contributed by atoms with Gasteiger partial charge in [0.25, 0.3) is 0 Å². The molecule has 1 heterocycles. The van der Waals surface area contributed by atoms with E-state index in [1.807, 2.05) is 24.0 Å². The maximum atomic E-state index is 4.35. The molecule has 0 bridgehead atoms. The highest BCUT2D eigenvalue weighted by Gasteiger charge is 2.09. The third-order valence-electron chi connectivity index (χ3n) is 2.80. The minimum atomic E-state index is 0.881. The maximum absolute atomic E-state index is 4.35. The second-order valence-corrected chi connectivity index (χ2v) is 4.18. The van der Waals surface area contributed by atoms with Crippen molar-refractivity contribution in [1.29, 1.82) is 0 Å². The lowest BCUT2D eigenvalue weighted by atomic mass is 10.1. The molecule has 0 fully saturated rings. The van der Waals surface area contributed by atoms with E-state index in [1.54, 1.807) is 0 Å². The van der Waals surface area contributed by atoms with Gasteiger partial charge in [0, 0.05) is 24.7 Å². The van der Waals surface area contributed by atoms with Crippen molar-refractivity contribution >= 4 is 0 Å². The average Bonchev–Trinajstić information content (AvgIpc) is 2.72. The van der Waals surface area contributed by atoms with E-state index in [1.165, 1.54) is 16.8 Å². The van der Waals surface area contributed by atoms with E-state index in [9.17, 15) is 0 Å². The van der Waals surface area contributed by atoms with E-state index in [-0.39, 0.29) is 0 Å². The second kappa shape index (κ2) is 5.64. The van der Waals surface area contributed by atoms with Crippen molar-refractivity contribution in [2.75, 3.05) is 6.54 Å². The zero-order chi connectivity index (χ0) is 12.1. The zero-order valence-corrected chi connectivity index (χ0v) is 10.5. The van der Waals surface area contributed by atoms with Crippen molar-refractivity contribution in [2.45, 2.75) is 19.9 Å². The predicted octanol–water partition coefficient (Wildman–Crippen LogP) is 2.59. The second-order valence-electron chi connectivity index (χ2n) is 4.18. The Labute approximate surface area is 102 Å². The van der Waals surface area contributed by atoms with E-state index in [0.29, 0.717) is 0 Å². The van der Waals surface area contributed by atoms with Crippen LogP contribution in [-0.4, -0.2) is 16.3 Å². The van der Waals surface area contributed by atoms with Crippen LogP contribution in [0.5, 0.6) is 0 Å². The first-order chi connectivity index (χ1) is 8.33. The van der Waals surface area contributed by atoms with Gasteiger partial charge in [-0.3, -0.25) is 4.68 Å². The fourth-order valence-corrected chi connectivity index (χ4v) is 1.98. The number of nitrogens with zero attached hydrogens (tertiary/aromatic N) is 2. The molecule has 3 heteroatoms. The molecule has 1 aromatic heterocycles. The summed E-state index contributed by atoms with van der Waals surface area (Å²) in [5, 5.41) is 7.77. The zero-order valence-electron chi connectivity index (χ0n) is 10.5. The van der Waals surface area contributed by atoms with Crippen LogP contribution in [0.3, 0.4) is 0 Å². The van der Waals surface area contributed by atoms with Crippen molar-refractivity contribution < 1.29 is 0 Å². The fourth-order valence-electron chi connectivity index (χ4n) is 1.98. The van der Waals surface area contributed by atoms with Gasteiger partial charge in [-0.15, -0.1) is 0 Å². The molecule has 0 atom stereocenters. The minimum Gasteiger partial charge on any atom is -0.313 e. The maximum Gasteiger partial charge on any atom is 0.0723 e. The summed E-state index contributed by atoms with van der Waals surface area (Å²) in [5.41, 5.74) is 3.68. The molecule has 0 spiro atoms. The molecule has 2 rings (SSSR count).